The molecule has 1 aromatic carbocycles. The van der Waals surface area contributed by atoms with E-state index in [4.69, 9.17) is 14.6 Å². The highest BCUT2D eigenvalue weighted by molar-refractivity contribution is 7.91. The third kappa shape index (κ3) is 4.37. The maximum atomic E-state index is 13.3. The number of aromatic nitrogens is 2. The number of aryl methyl sites for hydroxylation is 2. The summed E-state index contributed by atoms with van der Waals surface area (Å²) in [4.78, 5) is 13.0. The number of hydrogen-bond donors (Lipinski definition) is 3. The summed E-state index contributed by atoms with van der Waals surface area (Å²) in [6.07, 6.45) is 7.44. The van der Waals surface area contributed by atoms with Crippen molar-refractivity contribution in [3.05, 3.63) is 34.5 Å². The van der Waals surface area contributed by atoms with Gasteiger partial charge in [-0.3, -0.25) is 0 Å². The van der Waals surface area contributed by atoms with Crippen LogP contribution in [0.15, 0.2) is 21.5 Å². The molecule has 0 spiro atoms. The van der Waals surface area contributed by atoms with Crippen molar-refractivity contribution in [1.29, 1.82) is 0 Å². The fourth-order valence-electron chi connectivity index (χ4n) is 5.03. The number of hydrogen-bond acceptors (Lipinski definition) is 6. The molecule has 1 aliphatic heterocycles. The lowest BCUT2D eigenvalue weighted by molar-refractivity contribution is 0.158. The summed E-state index contributed by atoms with van der Waals surface area (Å²) in [6.45, 7) is 2.17. The van der Waals surface area contributed by atoms with Gasteiger partial charge in [0.05, 0.1) is 25.4 Å². The zero-order valence-corrected chi connectivity index (χ0v) is 19.6. The zero-order valence-electron chi connectivity index (χ0n) is 18.8. The highest BCUT2D eigenvalue weighted by atomic mass is 32.2. The minimum absolute atomic E-state index is 0.0386. The predicted molar refractivity (Wildman–Crippen MR) is 124 cm³/mol. The Balaban J connectivity index is 1.36. The first-order chi connectivity index (χ1) is 16.0. The van der Waals surface area contributed by atoms with Crippen molar-refractivity contribution in [3.8, 4) is 5.88 Å². The molecule has 1 aromatic heterocycles. The van der Waals surface area contributed by atoms with E-state index in [-0.39, 0.29) is 10.9 Å². The highest BCUT2D eigenvalue weighted by Crippen LogP contribution is 2.38. The number of urea groups is 1. The van der Waals surface area contributed by atoms with E-state index in [1.54, 1.807) is 11.8 Å². The number of carbonyl (C=O) groups excluding carboxylic acids is 1. The Bertz CT molecular complexity index is 1170. The van der Waals surface area contributed by atoms with E-state index in [2.05, 4.69) is 26.2 Å². The minimum Gasteiger partial charge on any atom is -0.475 e. The molecule has 2 atom stereocenters. The average Bonchev–Trinajstić information content (AvgIpc) is 3.52. The van der Waals surface area contributed by atoms with Gasteiger partial charge < -0.3 is 20.1 Å². The number of ether oxygens (including phenoxy) is 2. The first-order valence-electron chi connectivity index (χ1n) is 11.4. The number of carbonyl (C=O) groups is 1. The Morgan fingerprint density at radius 1 is 1.30 bits per heavy atom. The van der Waals surface area contributed by atoms with Crippen molar-refractivity contribution < 1.29 is 18.5 Å². The van der Waals surface area contributed by atoms with E-state index in [9.17, 15) is 9.00 Å². The van der Waals surface area contributed by atoms with Gasteiger partial charge in [0.15, 0.2) is 9.92 Å². The Labute approximate surface area is 193 Å². The van der Waals surface area contributed by atoms with E-state index in [1.807, 2.05) is 0 Å². The molecule has 2 aromatic rings. The fraction of sp³-hybridized carbons (Fsp3) is 0.545. The largest absolute Gasteiger partial charge is 0.475 e. The molecular weight excluding hydrogens is 444 g/mol. The molecule has 2 heterocycles. The van der Waals surface area contributed by atoms with E-state index in [0.29, 0.717) is 32.2 Å². The van der Waals surface area contributed by atoms with Crippen LogP contribution in [-0.4, -0.2) is 52.9 Å². The van der Waals surface area contributed by atoms with Gasteiger partial charge in [0, 0.05) is 19.3 Å². The smallest absolute Gasteiger partial charge is 0.354 e. The first kappa shape index (κ1) is 22.3. The van der Waals surface area contributed by atoms with Crippen LogP contribution in [0.2, 0.25) is 0 Å². The number of nitrogens with one attached hydrogen (secondary N) is 2. The van der Waals surface area contributed by atoms with Crippen LogP contribution in [0.1, 0.15) is 35.1 Å². The Morgan fingerprint density at radius 2 is 2.03 bits per heavy atom. The molecule has 3 aliphatic rings. The number of amides is 2. The van der Waals surface area contributed by atoms with Crippen molar-refractivity contribution >= 4 is 21.6 Å². The molecular formula is C22H30N6O4S. The molecule has 10 nitrogen and oxygen atoms in total. The summed E-state index contributed by atoms with van der Waals surface area (Å²) in [5.41, 5.74) is 5.81. The lowest BCUT2D eigenvalue weighted by Gasteiger charge is -2.25. The summed E-state index contributed by atoms with van der Waals surface area (Å²) in [7, 11) is -1.88. The number of anilines is 1. The second-order valence-corrected chi connectivity index (χ2v) is 10.5. The van der Waals surface area contributed by atoms with Gasteiger partial charge in [0.25, 0.3) is 0 Å². The molecule has 0 unspecified atom stereocenters. The standard InChI is InChI=1S/C22H30N6O4S/c1-31-9-8-24-16-12-28-21(32-13-16)19(11-25-28)33(23,30)27-22(29)26-20-17-6-2-4-14(17)10-15-5-3-7-18(15)20/h10-11,16,24H,2-9,12-13H2,1H3,(H3,23,26,27,29,30)/t16-,33-/m0/s1. The lowest BCUT2D eigenvalue weighted by atomic mass is 9.99. The summed E-state index contributed by atoms with van der Waals surface area (Å²) in [5.74, 6) is 0.297. The van der Waals surface area contributed by atoms with Crippen LogP contribution in [0.5, 0.6) is 5.88 Å². The van der Waals surface area contributed by atoms with Gasteiger partial charge in [-0.15, -0.1) is 4.36 Å². The number of methoxy groups -OCH3 is 1. The van der Waals surface area contributed by atoms with Crippen LogP contribution in [0.4, 0.5) is 10.5 Å². The maximum Gasteiger partial charge on any atom is 0.354 e. The molecule has 2 amide bonds. The number of nitrogens with zero attached hydrogens (tertiary/aromatic N) is 3. The Kier molecular flexibility index (Phi) is 6.12. The molecule has 0 bridgehead atoms. The number of rotatable bonds is 6. The summed E-state index contributed by atoms with van der Waals surface area (Å²) in [6, 6.07) is 1.63. The summed E-state index contributed by atoms with van der Waals surface area (Å²) < 4.78 is 29.6. The van der Waals surface area contributed by atoms with Crippen LogP contribution in [-0.2, 0) is 46.9 Å². The van der Waals surface area contributed by atoms with E-state index >= 15 is 0 Å². The monoisotopic (exact) mass is 474 g/mol. The topological polar surface area (TPSA) is 133 Å². The third-order valence-corrected chi connectivity index (χ3v) is 7.90. The molecule has 33 heavy (non-hydrogen) atoms. The molecule has 4 N–H and O–H groups in total. The van der Waals surface area contributed by atoms with Gasteiger partial charge >= 0.3 is 6.03 Å². The predicted octanol–water partition coefficient (Wildman–Crippen LogP) is 1.79. The molecule has 0 fully saturated rings. The fourth-order valence-corrected chi connectivity index (χ4v) is 6.04. The van der Waals surface area contributed by atoms with Gasteiger partial charge in [-0.1, -0.05) is 6.07 Å². The van der Waals surface area contributed by atoms with Crippen LogP contribution < -0.4 is 20.5 Å². The number of fused-ring (bicyclic) bond motifs is 3. The number of nitrogens with two attached hydrogens (primary N) is 1. The SMILES string of the molecule is COCCN[C@@H]1COc2c([S@@](N)(=O)=NC(=O)Nc3c4c(cc5c3CCC5)CCC4)cnn2C1. The van der Waals surface area contributed by atoms with Crippen molar-refractivity contribution in [2.24, 2.45) is 9.50 Å². The number of benzene rings is 1. The van der Waals surface area contributed by atoms with Gasteiger partial charge in [-0.25, -0.2) is 18.8 Å². The first-order valence-corrected chi connectivity index (χ1v) is 13.0. The second kappa shape index (κ2) is 9.05. The van der Waals surface area contributed by atoms with Crippen LogP contribution in [0.3, 0.4) is 0 Å². The molecule has 11 heteroatoms. The second-order valence-electron chi connectivity index (χ2n) is 8.78. The molecule has 0 saturated carbocycles. The summed E-state index contributed by atoms with van der Waals surface area (Å²) in [5, 5.41) is 16.5. The van der Waals surface area contributed by atoms with Crippen LogP contribution >= 0.6 is 0 Å². The van der Waals surface area contributed by atoms with E-state index in [0.717, 1.165) is 44.2 Å². The minimum atomic E-state index is -3.53. The molecule has 0 saturated heterocycles. The summed E-state index contributed by atoms with van der Waals surface area (Å²) >= 11 is 0. The molecule has 2 aliphatic carbocycles. The van der Waals surface area contributed by atoms with Crippen LogP contribution in [0, 0.1) is 0 Å². The molecule has 5 rings (SSSR count). The lowest BCUT2D eigenvalue weighted by Crippen LogP contribution is -2.43. The maximum absolute atomic E-state index is 13.3. The third-order valence-electron chi connectivity index (χ3n) is 6.55. The molecule has 0 radical (unpaired) electrons. The van der Waals surface area contributed by atoms with E-state index in [1.165, 1.54) is 28.5 Å². The van der Waals surface area contributed by atoms with Gasteiger partial charge in [-0.05, 0) is 60.8 Å². The zero-order chi connectivity index (χ0) is 23.0. The van der Waals surface area contributed by atoms with Gasteiger partial charge in [-0.2, -0.15) is 5.10 Å². The highest BCUT2D eigenvalue weighted by Gasteiger charge is 2.29. The molecule has 178 valence electrons. The van der Waals surface area contributed by atoms with Crippen LogP contribution in [0.25, 0.3) is 0 Å². The van der Waals surface area contributed by atoms with Gasteiger partial charge in [0.1, 0.15) is 11.5 Å². The van der Waals surface area contributed by atoms with E-state index < -0.39 is 15.9 Å². The van der Waals surface area contributed by atoms with Crippen molar-refractivity contribution in [2.75, 3.05) is 32.2 Å². The average molecular weight is 475 g/mol. The Hall–Kier alpha value is -2.47. The Morgan fingerprint density at radius 3 is 2.73 bits per heavy atom. The van der Waals surface area contributed by atoms with Crippen molar-refractivity contribution in [1.82, 2.24) is 15.1 Å². The quantitative estimate of drug-likeness (QED) is 0.547. The normalized spacial score (nSPS) is 20.4. The van der Waals surface area contributed by atoms with Gasteiger partial charge in [0.2, 0.25) is 5.88 Å². The van der Waals surface area contributed by atoms with Crippen molar-refractivity contribution in [3.63, 3.8) is 0 Å². The van der Waals surface area contributed by atoms with Crippen molar-refractivity contribution in [2.45, 2.75) is 56.0 Å².